The largest absolute Gasteiger partial charge is 0.308 e. The molecule has 3 nitrogen and oxygen atoms in total. The van der Waals surface area contributed by atoms with Gasteiger partial charge in [0.05, 0.1) is 10.6 Å². The molecule has 0 saturated carbocycles. The highest BCUT2D eigenvalue weighted by molar-refractivity contribution is 7.99. The lowest BCUT2D eigenvalue weighted by molar-refractivity contribution is 0.538. The molecule has 3 rings (SSSR count). The molecule has 1 aromatic rings. The van der Waals surface area contributed by atoms with Crippen LogP contribution in [-0.2, 0) is 9.84 Å². The van der Waals surface area contributed by atoms with Crippen LogP contribution >= 0.6 is 11.8 Å². The molecule has 0 bridgehead atoms. The van der Waals surface area contributed by atoms with Gasteiger partial charge in [0, 0.05) is 17.8 Å². The molecule has 2 aliphatic rings. The van der Waals surface area contributed by atoms with E-state index < -0.39 is 9.84 Å². The maximum atomic E-state index is 12.1. The van der Waals surface area contributed by atoms with Crippen LogP contribution in [0.3, 0.4) is 0 Å². The standard InChI is InChI=1S/C14H19NO2S2/c16-19(17)10-13(12-6-1-2-7-14(12)19)15-9-11-5-3-4-8-18-11/h1-2,6-7,11,13,15H,3-5,8-10H2. The molecule has 104 valence electrons. The molecule has 0 aliphatic carbocycles. The van der Waals surface area contributed by atoms with Gasteiger partial charge in [0.25, 0.3) is 0 Å². The van der Waals surface area contributed by atoms with Gasteiger partial charge in [0.15, 0.2) is 9.84 Å². The summed E-state index contributed by atoms with van der Waals surface area (Å²) in [4.78, 5) is 0.517. The second-order valence-corrected chi connectivity index (χ2v) is 8.68. The van der Waals surface area contributed by atoms with Gasteiger partial charge >= 0.3 is 0 Å². The summed E-state index contributed by atoms with van der Waals surface area (Å²) >= 11 is 2.02. The molecular formula is C14H19NO2S2. The molecule has 0 aromatic heterocycles. The van der Waals surface area contributed by atoms with E-state index in [1.54, 1.807) is 12.1 Å². The van der Waals surface area contributed by atoms with Gasteiger partial charge in [-0.3, -0.25) is 0 Å². The number of thioether (sulfide) groups is 1. The van der Waals surface area contributed by atoms with Crippen molar-refractivity contribution in [1.29, 1.82) is 0 Å². The maximum absolute atomic E-state index is 12.1. The van der Waals surface area contributed by atoms with Crippen LogP contribution in [0.2, 0.25) is 0 Å². The normalized spacial score (nSPS) is 29.1. The number of hydrogen-bond donors (Lipinski definition) is 1. The summed E-state index contributed by atoms with van der Waals surface area (Å²) < 4.78 is 24.1. The molecule has 0 amide bonds. The average Bonchev–Trinajstić information content (AvgIpc) is 2.70. The molecule has 1 N–H and O–H groups in total. The Hall–Kier alpha value is -0.520. The number of sulfone groups is 1. The molecule has 2 atom stereocenters. The number of nitrogens with one attached hydrogen (secondary N) is 1. The quantitative estimate of drug-likeness (QED) is 0.930. The summed E-state index contributed by atoms with van der Waals surface area (Å²) in [6.45, 7) is 0.916. The second kappa shape index (κ2) is 5.46. The molecule has 1 fully saturated rings. The first kappa shape index (κ1) is 13.5. The van der Waals surface area contributed by atoms with Gasteiger partial charge in [0.1, 0.15) is 0 Å². The van der Waals surface area contributed by atoms with E-state index >= 15 is 0 Å². The zero-order valence-corrected chi connectivity index (χ0v) is 12.5. The van der Waals surface area contributed by atoms with Crippen LogP contribution in [0, 0.1) is 0 Å². The maximum Gasteiger partial charge on any atom is 0.180 e. The van der Waals surface area contributed by atoms with Crippen LogP contribution in [0.25, 0.3) is 0 Å². The summed E-state index contributed by atoms with van der Waals surface area (Å²) in [5.41, 5.74) is 0.948. The van der Waals surface area contributed by atoms with Gasteiger partial charge in [-0.25, -0.2) is 8.42 Å². The summed E-state index contributed by atoms with van der Waals surface area (Å²) in [6, 6.07) is 7.36. The molecule has 2 aliphatic heterocycles. The molecule has 1 saturated heterocycles. The fourth-order valence-electron chi connectivity index (χ4n) is 2.86. The monoisotopic (exact) mass is 297 g/mol. The Bertz CT molecular complexity index is 550. The lowest BCUT2D eigenvalue weighted by atomic mass is 10.1. The Morgan fingerprint density at radius 2 is 2.11 bits per heavy atom. The highest BCUT2D eigenvalue weighted by Crippen LogP contribution is 2.33. The molecular weight excluding hydrogens is 278 g/mol. The van der Waals surface area contributed by atoms with Crippen LogP contribution < -0.4 is 5.32 Å². The fraction of sp³-hybridized carbons (Fsp3) is 0.571. The number of rotatable bonds is 3. The number of hydrogen-bond acceptors (Lipinski definition) is 4. The van der Waals surface area contributed by atoms with Crippen LogP contribution in [-0.4, -0.2) is 31.7 Å². The number of fused-ring (bicyclic) bond motifs is 1. The first-order chi connectivity index (χ1) is 9.17. The lowest BCUT2D eigenvalue weighted by Crippen LogP contribution is -2.31. The third kappa shape index (κ3) is 2.83. The van der Waals surface area contributed by atoms with Gasteiger partial charge in [-0.2, -0.15) is 11.8 Å². The molecule has 1 aromatic carbocycles. The zero-order chi connectivity index (χ0) is 13.3. The van der Waals surface area contributed by atoms with Crippen LogP contribution in [0.15, 0.2) is 29.2 Å². The van der Waals surface area contributed by atoms with Gasteiger partial charge in [-0.05, 0) is 30.2 Å². The minimum absolute atomic E-state index is 0.0243. The first-order valence-corrected chi connectivity index (χ1v) is 9.53. The second-order valence-electron chi connectivity index (χ2n) is 5.27. The topological polar surface area (TPSA) is 46.2 Å². The van der Waals surface area contributed by atoms with Crippen molar-refractivity contribution in [3.63, 3.8) is 0 Å². The van der Waals surface area contributed by atoms with E-state index in [4.69, 9.17) is 0 Å². The van der Waals surface area contributed by atoms with Gasteiger partial charge in [0.2, 0.25) is 0 Å². The summed E-state index contributed by atoms with van der Waals surface area (Å²) in [5.74, 6) is 1.45. The van der Waals surface area contributed by atoms with Crippen LogP contribution in [0.5, 0.6) is 0 Å². The van der Waals surface area contributed by atoms with Crippen LogP contribution in [0.4, 0.5) is 0 Å². The fourth-order valence-corrected chi connectivity index (χ4v) is 5.88. The van der Waals surface area contributed by atoms with E-state index in [1.165, 1.54) is 25.0 Å². The molecule has 2 unspecified atom stereocenters. The van der Waals surface area contributed by atoms with E-state index in [1.807, 2.05) is 23.9 Å². The molecule has 0 spiro atoms. The van der Waals surface area contributed by atoms with E-state index in [9.17, 15) is 8.42 Å². The number of benzene rings is 1. The predicted molar refractivity (Wildman–Crippen MR) is 79.3 cm³/mol. The van der Waals surface area contributed by atoms with Gasteiger partial charge in [-0.15, -0.1) is 0 Å². The van der Waals surface area contributed by atoms with Crippen molar-refractivity contribution in [3.8, 4) is 0 Å². The third-order valence-corrected chi connectivity index (χ3v) is 7.09. The average molecular weight is 297 g/mol. The van der Waals surface area contributed by atoms with Crippen molar-refractivity contribution in [2.45, 2.75) is 35.4 Å². The Balaban J connectivity index is 1.70. The molecule has 0 radical (unpaired) electrons. The van der Waals surface area contributed by atoms with E-state index in [-0.39, 0.29) is 11.8 Å². The van der Waals surface area contributed by atoms with E-state index in [2.05, 4.69) is 5.32 Å². The van der Waals surface area contributed by atoms with Gasteiger partial charge < -0.3 is 5.32 Å². The predicted octanol–water partition coefficient (Wildman–Crippen LogP) is 2.39. The van der Waals surface area contributed by atoms with Crippen molar-refractivity contribution in [2.24, 2.45) is 0 Å². The Kier molecular flexibility index (Phi) is 3.87. The SMILES string of the molecule is O=S1(=O)CC(NCC2CCCCS2)c2ccccc21. The molecule has 2 heterocycles. The summed E-state index contributed by atoms with van der Waals surface area (Å²) in [5, 5.41) is 4.11. The third-order valence-electron chi connectivity index (χ3n) is 3.88. The summed E-state index contributed by atoms with van der Waals surface area (Å²) in [6.07, 6.45) is 3.87. The molecule has 5 heteroatoms. The van der Waals surface area contributed by atoms with Crippen molar-refractivity contribution in [2.75, 3.05) is 18.1 Å². The van der Waals surface area contributed by atoms with Crippen molar-refractivity contribution >= 4 is 21.6 Å². The first-order valence-electron chi connectivity index (χ1n) is 6.83. The van der Waals surface area contributed by atoms with E-state index in [0.717, 1.165) is 12.1 Å². The van der Waals surface area contributed by atoms with Gasteiger partial charge in [-0.1, -0.05) is 24.6 Å². The highest BCUT2D eigenvalue weighted by Gasteiger charge is 2.34. The molecule has 19 heavy (non-hydrogen) atoms. The van der Waals surface area contributed by atoms with Crippen molar-refractivity contribution < 1.29 is 8.42 Å². The van der Waals surface area contributed by atoms with Crippen molar-refractivity contribution in [3.05, 3.63) is 29.8 Å². The smallest absolute Gasteiger partial charge is 0.180 e. The highest BCUT2D eigenvalue weighted by atomic mass is 32.2. The lowest BCUT2D eigenvalue weighted by Gasteiger charge is -2.23. The Morgan fingerprint density at radius 1 is 1.26 bits per heavy atom. The minimum Gasteiger partial charge on any atom is -0.308 e. The Morgan fingerprint density at radius 3 is 2.89 bits per heavy atom. The summed E-state index contributed by atoms with van der Waals surface area (Å²) in [7, 11) is -3.08. The van der Waals surface area contributed by atoms with Crippen molar-refractivity contribution in [1.82, 2.24) is 5.32 Å². The van der Waals surface area contributed by atoms with E-state index in [0.29, 0.717) is 10.1 Å². The zero-order valence-electron chi connectivity index (χ0n) is 10.8. The Labute approximate surface area is 119 Å². The minimum atomic E-state index is -3.08. The van der Waals surface area contributed by atoms with Crippen LogP contribution in [0.1, 0.15) is 30.9 Å².